The van der Waals surface area contributed by atoms with Gasteiger partial charge in [0.1, 0.15) is 5.82 Å². The van der Waals surface area contributed by atoms with Gasteiger partial charge in [0.15, 0.2) is 0 Å². The van der Waals surface area contributed by atoms with Crippen LogP contribution in [0.15, 0.2) is 6.07 Å². The molecule has 5 heterocycles. The van der Waals surface area contributed by atoms with Crippen LogP contribution in [0.25, 0.3) is 0 Å². The lowest BCUT2D eigenvalue weighted by molar-refractivity contribution is -0.0518. The summed E-state index contributed by atoms with van der Waals surface area (Å²) in [5.74, 6) is 3.15. The molecule has 0 saturated carbocycles. The number of anilines is 2. The van der Waals surface area contributed by atoms with E-state index in [-0.39, 0.29) is 6.61 Å². The predicted octanol–water partition coefficient (Wildman–Crippen LogP) is 1.55. The summed E-state index contributed by atoms with van der Waals surface area (Å²) in [4.78, 5) is 17.3. The number of piperidine rings is 3. The Bertz CT molecular complexity index is 696. The van der Waals surface area contributed by atoms with Gasteiger partial charge in [-0.05, 0) is 44.1 Å². The van der Waals surface area contributed by atoms with E-state index in [1.165, 1.54) is 25.7 Å². The van der Waals surface area contributed by atoms with Crippen LogP contribution in [0, 0.1) is 11.8 Å². The molecule has 4 aliphatic heterocycles. The molecule has 2 bridgehead atoms. The van der Waals surface area contributed by atoms with Crippen LogP contribution >= 0.6 is 0 Å². The smallest absolute Gasteiger partial charge is 0.227 e. The fraction of sp³-hybridized carbons (Fsp3) is 0.818. The van der Waals surface area contributed by atoms with Gasteiger partial charge >= 0.3 is 0 Å². The van der Waals surface area contributed by atoms with Crippen LogP contribution in [0.3, 0.4) is 0 Å². The molecule has 0 spiro atoms. The third-order valence-corrected chi connectivity index (χ3v) is 7.54. The van der Waals surface area contributed by atoms with Crippen molar-refractivity contribution in [1.29, 1.82) is 0 Å². The molecule has 0 amide bonds. The number of aromatic nitrogens is 2. The highest BCUT2D eigenvalue weighted by Gasteiger charge is 2.47. The van der Waals surface area contributed by atoms with E-state index in [0.717, 1.165) is 69.8 Å². The molecule has 1 aromatic heterocycles. The zero-order chi connectivity index (χ0) is 19.8. The minimum absolute atomic E-state index is 0.282. The highest BCUT2D eigenvalue weighted by atomic mass is 16.5. The molecule has 4 aliphatic rings. The lowest BCUT2D eigenvalue weighted by Gasteiger charge is -2.56. The molecule has 1 aromatic rings. The first-order valence-electron chi connectivity index (χ1n) is 11.6. The molecule has 0 aromatic carbocycles. The predicted molar refractivity (Wildman–Crippen MR) is 113 cm³/mol. The Morgan fingerprint density at radius 3 is 2.69 bits per heavy atom. The average Bonchev–Trinajstić information content (AvgIpc) is 2.79. The van der Waals surface area contributed by atoms with Crippen LogP contribution in [0.5, 0.6) is 0 Å². The summed E-state index contributed by atoms with van der Waals surface area (Å²) in [6, 6.07) is 3.13. The first-order valence-corrected chi connectivity index (χ1v) is 11.6. The van der Waals surface area contributed by atoms with Gasteiger partial charge in [0.05, 0.1) is 19.8 Å². The summed E-state index contributed by atoms with van der Waals surface area (Å²) in [6.45, 7) is 8.91. The van der Waals surface area contributed by atoms with Crippen molar-refractivity contribution < 1.29 is 9.84 Å². The first kappa shape index (κ1) is 19.5. The Morgan fingerprint density at radius 1 is 1.07 bits per heavy atom. The Morgan fingerprint density at radius 2 is 1.90 bits per heavy atom. The van der Waals surface area contributed by atoms with Gasteiger partial charge in [-0.2, -0.15) is 4.98 Å². The number of nitrogens with zero attached hydrogens (tertiary/aromatic N) is 5. The third kappa shape index (κ3) is 3.73. The molecule has 0 aliphatic carbocycles. The molecule has 4 saturated heterocycles. The van der Waals surface area contributed by atoms with Crippen molar-refractivity contribution in [1.82, 2.24) is 14.9 Å². The van der Waals surface area contributed by atoms with E-state index < -0.39 is 0 Å². The molecule has 0 unspecified atom stereocenters. The molecule has 4 fully saturated rings. The van der Waals surface area contributed by atoms with Crippen molar-refractivity contribution in [3.8, 4) is 0 Å². The Kier molecular flexibility index (Phi) is 5.63. The second-order valence-electron chi connectivity index (χ2n) is 9.18. The lowest BCUT2D eigenvalue weighted by atomic mass is 9.72. The molecule has 160 valence electrons. The number of rotatable bonds is 4. The monoisotopic (exact) mass is 401 g/mol. The van der Waals surface area contributed by atoms with Crippen molar-refractivity contribution in [2.24, 2.45) is 11.8 Å². The SMILES string of the molecule is CCc1cc(N2C[C@H]3C[C@@H](C2)[C@H](CO)N2CCCC[C@@H]32)nc(N2CCOCC2)n1. The van der Waals surface area contributed by atoms with Gasteiger partial charge in [-0.1, -0.05) is 13.3 Å². The highest BCUT2D eigenvalue weighted by molar-refractivity contribution is 5.47. The number of hydrogen-bond donors (Lipinski definition) is 1. The summed E-state index contributed by atoms with van der Waals surface area (Å²) >= 11 is 0. The zero-order valence-corrected chi connectivity index (χ0v) is 17.7. The summed E-state index contributed by atoms with van der Waals surface area (Å²) in [7, 11) is 0. The Labute approximate surface area is 174 Å². The van der Waals surface area contributed by atoms with E-state index in [9.17, 15) is 5.11 Å². The summed E-state index contributed by atoms with van der Waals surface area (Å²) in [5, 5.41) is 10.2. The number of aliphatic hydroxyl groups is 1. The van der Waals surface area contributed by atoms with E-state index >= 15 is 0 Å². The van der Waals surface area contributed by atoms with Crippen LogP contribution in [0.2, 0.25) is 0 Å². The molecule has 29 heavy (non-hydrogen) atoms. The van der Waals surface area contributed by atoms with E-state index in [4.69, 9.17) is 14.7 Å². The van der Waals surface area contributed by atoms with Gasteiger partial charge in [0.2, 0.25) is 5.95 Å². The van der Waals surface area contributed by atoms with E-state index in [0.29, 0.717) is 23.9 Å². The van der Waals surface area contributed by atoms with Gasteiger partial charge in [0.25, 0.3) is 0 Å². The number of aliphatic hydroxyl groups excluding tert-OH is 1. The first-order chi connectivity index (χ1) is 14.3. The van der Waals surface area contributed by atoms with Crippen molar-refractivity contribution in [3.63, 3.8) is 0 Å². The van der Waals surface area contributed by atoms with Crippen LogP contribution in [0.1, 0.15) is 38.3 Å². The Hall–Kier alpha value is -1.44. The van der Waals surface area contributed by atoms with E-state index in [2.05, 4.69) is 27.7 Å². The zero-order valence-electron chi connectivity index (χ0n) is 17.7. The van der Waals surface area contributed by atoms with Crippen LogP contribution in [-0.2, 0) is 11.2 Å². The number of hydrogen-bond acceptors (Lipinski definition) is 7. The van der Waals surface area contributed by atoms with Gasteiger partial charge in [-0.15, -0.1) is 0 Å². The minimum atomic E-state index is 0.282. The highest BCUT2D eigenvalue weighted by Crippen LogP contribution is 2.42. The Balaban J connectivity index is 1.42. The largest absolute Gasteiger partial charge is 0.395 e. The molecule has 1 N–H and O–H groups in total. The second kappa shape index (κ2) is 8.36. The quantitative estimate of drug-likeness (QED) is 0.821. The molecule has 5 rings (SSSR count). The third-order valence-electron chi connectivity index (χ3n) is 7.54. The fourth-order valence-corrected chi connectivity index (χ4v) is 6.06. The van der Waals surface area contributed by atoms with Gasteiger partial charge in [-0.3, -0.25) is 4.90 Å². The maximum atomic E-state index is 10.2. The molecule has 7 nitrogen and oxygen atoms in total. The van der Waals surface area contributed by atoms with Gasteiger partial charge in [-0.25, -0.2) is 4.98 Å². The van der Waals surface area contributed by atoms with E-state index in [1.807, 2.05) is 0 Å². The molecule has 4 atom stereocenters. The summed E-state index contributed by atoms with van der Waals surface area (Å²) in [5.41, 5.74) is 1.12. The molecule has 7 heteroatoms. The van der Waals surface area contributed by atoms with Crippen molar-refractivity contribution >= 4 is 11.8 Å². The van der Waals surface area contributed by atoms with E-state index in [1.54, 1.807) is 0 Å². The standard InChI is InChI=1S/C22H35N5O2/c1-2-18-12-21(24-22(23-18)25-7-9-29-10-8-25)26-13-16-11-17(14-26)20(15-28)27-6-4-3-5-19(16)27/h12,16-17,19-20,28H,2-11,13-15H2,1H3/t16-,17+,19+,20+/m1/s1. The molecular formula is C22H35N5O2. The lowest BCUT2D eigenvalue weighted by Crippen LogP contribution is -2.64. The maximum absolute atomic E-state index is 10.2. The average molecular weight is 402 g/mol. The normalized spacial score (nSPS) is 32.9. The number of morpholine rings is 1. The van der Waals surface area contributed by atoms with Gasteiger partial charge < -0.3 is 19.6 Å². The number of fused-ring (bicyclic) bond motifs is 4. The minimum Gasteiger partial charge on any atom is -0.395 e. The number of aryl methyl sites for hydroxylation is 1. The summed E-state index contributed by atoms with van der Waals surface area (Å²) in [6.07, 6.45) is 6.07. The second-order valence-corrected chi connectivity index (χ2v) is 9.18. The molecular weight excluding hydrogens is 366 g/mol. The summed E-state index contributed by atoms with van der Waals surface area (Å²) < 4.78 is 5.51. The van der Waals surface area contributed by atoms with Crippen molar-refractivity contribution in [3.05, 3.63) is 11.8 Å². The number of ether oxygens (including phenoxy) is 1. The van der Waals surface area contributed by atoms with Crippen LogP contribution in [-0.4, -0.2) is 84.6 Å². The molecule has 0 radical (unpaired) electrons. The fourth-order valence-electron chi connectivity index (χ4n) is 6.06. The topological polar surface area (TPSA) is 65.0 Å². The van der Waals surface area contributed by atoms with Crippen molar-refractivity contribution in [2.75, 3.05) is 62.3 Å². The van der Waals surface area contributed by atoms with Crippen LogP contribution in [0.4, 0.5) is 11.8 Å². The van der Waals surface area contributed by atoms with Gasteiger partial charge in [0, 0.05) is 50.0 Å². The van der Waals surface area contributed by atoms with Crippen molar-refractivity contribution in [2.45, 2.75) is 51.1 Å². The maximum Gasteiger partial charge on any atom is 0.227 e. The van der Waals surface area contributed by atoms with Crippen LogP contribution < -0.4 is 9.80 Å².